The molecule has 0 saturated carbocycles. The highest BCUT2D eigenvalue weighted by molar-refractivity contribution is 5.80. The van der Waals surface area contributed by atoms with E-state index in [0.29, 0.717) is 6.54 Å². The number of aryl methyl sites for hydroxylation is 2. The Morgan fingerprint density at radius 2 is 1.67 bits per heavy atom. The molecule has 2 rings (SSSR count). The first-order valence-corrected chi connectivity index (χ1v) is 8.14. The van der Waals surface area contributed by atoms with Gasteiger partial charge in [-0.2, -0.15) is 0 Å². The molecule has 0 aliphatic carbocycles. The van der Waals surface area contributed by atoms with Crippen LogP contribution in [0.1, 0.15) is 23.6 Å². The number of rotatable bonds is 6. The Bertz CT molecular complexity index is 673. The summed E-state index contributed by atoms with van der Waals surface area (Å²) in [4.78, 5) is 14.3. The van der Waals surface area contributed by atoms with Gasteiger partial charge in [-0.1, -0.05) is 18.2 Å². The second kappa shape index (κ2) is 7.86. The maximum absolute atomic E-state index is 12.2. The summed E-state index contributed by atoms with van der Waals surface area (Å²) in [5, 5.41) is 2.92. The molecule has 0 radical (unpaired) electrons. The Morgan fingerprint density at radius 1 is 1.08 bits per heavy atom. The molecule has 2 aromatic carbocycles. The fraction of sp³-hybridized carbons (Fsp3) is 0.350. The number of carbonyl (C=O) groups excluding carboxylic acids is 1. The first-order valence-electron chi connectivity index (χ1n) is 8.14. The molecule has 0 heterocycles. The third kappa shape index (κ3) is 5.01. The number of anilines is 1. The van der Waals surface area contributed by atoms with Crippen LogP contribution in [0.4, 0.5) is 5.69 Å². The van der Waals surface area contributed by atoms with Crippen molar-refractivity contribution in [1.29, 1.82) is 0 Å². The largest absolute Gasteiger partial charge is 0.481 e. The van der Waals surface area contributed by atoms with E-state index in [4.69, 9.17) is 4.74 Å². The van der Waals surface area contributed by atoms with E-state index in [0.717, 1.165) is 28.1 Å². The van der Waals surface area contributed by atoms with Gasteiger partial charge >= 0.3 is 0 Å². The summed E-state index contributed by atoms with van der Waals surface area (Å²) in [6, 6.07) is 14.1. The highest BCUT2D eigenvalue weighted by atomic mass is 16.5. The monoisotopic (exact) mass is 326 g/mol. The molecule has 0 aliphatic rings. The molecule has 4 heteroatoms. The summed E-state index contributed by atoms with van der Waals surface area (Å²) in [5.74, 6) is 0.608. The maximum Gasteiger partial charge on any atom is 0.261 e. The fourth-order valence-corrected chi connectivity index (χ4v) is 2.50. The molecule has 1 atom stereocenters. The highest BCUT2D eigenvalue weighted by Crippen LogP contribution is 2.18. The predicted molar refractivity (Wildman–Crippen MR) is 98.6 cm³/mol. The Kier molecular flexibility index (Phi) is 5.85. The molecule has 2 aromatic rings. The molecule has 4 nitrogen and oxygen atoms in total. The minimum Gasteiger partial charge on any atom is -0.481 e. The third-order valence-electron chi connectivity index (χ3n) is 3.80. The van der Waals surface area contributed by atoms with Gasteiger partial charge in [-0.25, -0.2) is 0 Å². The topological polar surface area (TPSA) is 41.6 Å². The molecule has 24 heavy (non-hydrogen) atoms. The van der Waals surface area contributed by atoms with Gasteiger partial charge in [0, 0.05) is 26.3 Å². The fourth-order valence-electron chi connectivity index (χ4n) is 2.50. The molecule has 0 spiro atoms. The van der Waals surface area contributed by atoms with Crippen molar-refractivity contribution in [3.05, 3.63) is 59.2 Å². The normalized spacial score (nSPS) is 11.7. The molecule has 0 fully saturated rings. The maximum atomic E-state index is 12.2. The Morgan fingerprint density at radius 3 is 2.21 bits per heavy atom. The van der Waals surface area contributed by atoms with Gasteiger partial charge in [0.1, 0.15) is 5.75 Å². The smallest absolute Gasteiger partial charge is 0.261 e. The van der Waals surface area contributed by atoms with Crippen LogP contribution in [-0.4, -0.2) is 26.1 Å². The minimum atomic E-state index is -0.535. The third-order valence-corrected chi connectivity index (χ3v) is 3.80. The summed E-state index contributed by atoms with van der Waals surface area (Å²) < 4.78 is 5.76. The van der Waals surface area contributed by atoms with Gasteiger partial charge in [0.15, 0.2) is 6.10 Å². The molecule has 0 aromatic heterocycles. The Hall–Kier alpha value is -2.49. The van der Waals surface area contributed by atoms with Gasteiger partial charge in [-0.05, 0) is 61.7 Å². The number of amides is 1. The molecule has 128 valence electrons. The van der Waals surface area contributed by atoms with Crippen molar-refractivity contribution in [3.8, 4) is 5.75 Å². The average molecular weight is 326 g/mol. The predicted octanol–water partition coefficient (Wildman–Crippen LogP) is 3.45. The lowest BCUT2D eigenvalue weighted by Gasteiger charge is -2.16. The van der Waals surface area contributed by atoms with Crippen LogP contribution in [0.25, 0.3) is 0 Å². The van der Waals surface area contributed by atoms with E-state index in [2.05, 4.69) is 11.4 Å². The van der Waals surface area contributed by atoms with Crippen molar-refractivity contribution in [2.24, 2.45) is 0 Å². The molecule has 0 bridgehead atoms. The Labute approximate surface area is 144 Å². The van der Waals surface area contributed by atoms with E-state index in [1.54, 1.807) is 6.92 Å². The van der Waals surface area contributed by atoms with Crippen molar-refractivity contribution in [1.82, 2.24) is 5.32 Å². The number of hydrogen-bond donors (Lipinski definition) is 1. The molecule has 1 N–H and O–H groups in total. The highest BCUT2D eigenvalue weighted by Gasteiger charge is 2.14. The van der Waals surface area contributed by atoms with E-state index in [-0.39, 0.29) is 5.91 Å². The first-order chi connectivity index (χ1) is 11.3. The summed E-state index contributed by atoms with van der Waals surface area (Å²) in [5.41, 5.74) is 4.45. The van der Waals surface area contributed by atoms with Crippen LogP contribution in [0.3, 0.4) is 0 Å². The van der Waals surface area contributed by atoms with Crippen LogP contribution in [0.5, 0.6) is 5.75 Å². The second-order valence-corrected chi connectivity index (χ2v) is 6.36. The van der Waals surface area contributed by atoms with Gasteiger partial charge in [-0.15, -0.1) is 0 Å². The molecular formula is C20H26N2O2. The molecule has 0 saturated heterocycles. The molecule has 1 amide bonds. The van der Waals surface area contributed by atoms with Crippen molar-refractivity contribution < 1.29 is 9.53 Å². The zero-order valence-corrected chi connectivity index (χ0v) is 15.1. The van der Waals surface area contributed by atoms with Crippen LogP contribution in [0, 0.1) is 13.8 Å². The lowest BCUT2D eigenvalue weighted by atomic mass is 10.1. The van der Waals surface area contributed by atoms with E-state index in [1.165, 1.54) is 0 Å². The molecule has 1 unspecified atom stereocenters. The molecule has 0 aliphatic heterocycles. The van der Waals surface area contributed by atoms with E-state index in [9.17, 15) is 4.79 Å². The van der Waals surface area contributed by atoms with Crippen molar-refractivity contribution in [2.75, 3.05) is 19.0 Å². The van der Waals surface area contributed by atoms with E-state index < -0.39 is 6.10 Å². The lowest BCUT2D eigenvalue weighted by molar-refractivity contribution is -0.127. The number of hydrogen-bond acceptors (Lipinski definition) is 3. The summed E-state index contributed by atoms with van der Waals surface area (Å²) >= 11 is 0. The van der Waals surface area contributed by atoms with E-state index in [1.807, 2.05) is 69.2 Å². The number of carbonyl (C=O) groups is 1. The van der Waals surface area contributed by atoms with Crippen LogP contribution in [0.2, 0.25) is 0 Å². The quantitative estimate of drug-likeness (QED) is 0.884. The van der Waals surface area contributed by atoms with E-state index >= 15 is 0 Å². The first kappa shape index (κ1) is 17.9. The van der Waals surface area contributed by atoms with Crippen LogP contribution in [0.15, 0.2) is 42.5 Å². The van der Waals surface area contributed by atoms with Crippen molar-refractivity contribution in [2.45, 2.75) is 33.4 Å². The van der Waals surface area contributed by atoms with Crippen LogP contribution < -0.4 is 15.0 Å². The number of nitrogens with one attached hydrogen (secondary N) is 1. The zero-order chi connectivity index (χ0) is 17.7. The molecular weight excluding hydrogens is 300 g/mol. The van der Waals surface area contributed by atoms with Gasteiger partial charge in [0.2, 0.25) is 0 Å². The zero-order valence-electron chi connectivity index (χ0n) is 15.1. The summed E-state index contributed by atoms with van der Waals surface area (Å²) in [6.45, 7) is 6.29. The minimum absolute atomic E-state index is 0.120. The van der Waals surface area contributed by atoms with Gasteiger partial charge in [-0.3, -0.25) is 4.79 Å². The van der Waals surface area contributed by atoms with Gasteiger partial charge < -0.3 is 15.0 Å². The number of ether oxygens (including phenoxy) is 1. The van der Waals surface area contributed by atoms with Crippen molar-refractivity contribution >= 4 is 11.6 Å². The standard InChI is InChI=1S/C20H26N2O2/c1-14-10-15(2)12-19(11-14)24-16(3)20(23)21-13-17-6-8-18(9-7-17)22(4)5/h6-12,16H,13H2,1-5H3,(H,21,23). The summed E-state index contributed by atoms with van der Waals surface area (Å²) in [7, 11) is 4.01. The second-order valence-electron chi connectivity index (χ2n) is 6.36. The Balaban J connectivity index is 1.89. The SMILES string of the molecule is Cc1cc(C)cc(OC(C)C(=O)NCc2ccc(N(C)C)cc2)c1. The van der Waals surface area contributed by atoms with Crippen molar-refractivity contribution in [3.63, 3.8) is 0 Å². The van der Waals surface area contributed by atoms with Crippen LogP contribution in [-0.2, 0) is 11.3 Å². The van der Waals surface area contributed by atoms with Gasteiger partial charge in [0.05, 0.1) is 0 Å². The number of nitrogens with zero attached hydrogens (tertiary/aromatic N) is 1. The average Bonchev–Trinajstić information content (AvgIpc) is 2.51. The summed E-state index contributed by atoms with van der Waals surface area (Å²) in [6.07, 6.45) is -0.535. The lowest BCUT2D eigenvalue weighted by Crippen LogP contribution is -2.35. The van der Waals surface area contributed by atoms with Crippen LogP contribution >= 0.6 is 0 Å². The van der Waals surface area contributed by atoms with Gasteiger partial charge in [0.25, 0.3) is 5.91 Å². The number of benzene rings is 2.